The summed E-state index contributed by atoms with van der Waals surface area (Å²) in [7, 11) is -34.5. The lowest BCUT2D eigenvalue weighted by molar-refractivity contribution is -0.126. The molecule has 66 nitrogen and oxygen atoms in total. The highest BCUT2D eigenvalue weighted by Crippen LogP contribution is 2.57. The van der Waals surface area contributed by atoms with E-state index >= 15 is 0 Å². The van der Waals surface area contributed by atoms with Crippen LogP contribution in [0.2, 0.25) is 0 Å². The zero-order chi connectivity index (χ0) is 104. The minimum atomic E-state index is -6.06. The maximum Gasteiger partial charge on any atom is 0.472 e. The largest absolute Gasteiger partial charge is 0.472 e. The third-order valence-electron chi connectivity index (χ3n) is 22.5. The number of unbranched alkanes of at least 4 members (excludes halogenated alkanes) is 1. The highest BCUT2D eigenvalue weighted by molar-refractivity contribution is 7.50. The molecule has 0 aromatic carbocycles. The minimum absolute atomic E-state index is 0.0141. The number of carbonyl (C=O) groups is 3. The van der Waals surface area contributed by atoms with Gasteiger partial charge in [-0.2, -0.15) is 4.57 Å². The van der Waals surface area contributed by atoms with Crippen LogP contribution < -0.4 is 83.6 Å². The molecule has 72 heteroatoms. The third-order valence-corrected chi connectivity index (χ3v) is 28.6. The molecule has 142 heavy (non-hydrogen) atoms. The Morgan fingerprint density at radius 2 is 0.739 bits per heavy atom. The standard InChI is InChI=1S/C70H97N15O51P6/c1-28-13-79(65(102)74-56(28)96)46-10-37(40(126-46)22-120-137(108,109)72-9-7-6-8-36(55(71)95)73-31(4)89)132-139(112,113)124-26-44-53(51(93)63(130-44)82-16-33(19-86)59(99)77-68(82)105)135-142(118,119)122-24-42-39(12-48(128-42)81-15-30(3)58(98)76-67(81)104)134-140(114,115)125-27-45-54(52(94)64(131-45)83-17-34(20-87)60(100)78-69(83)106)136-141(116,117)121-23-41-38(11-47(127-41)80-14-29(2)57(97)75-66(80)103)133-138(110,111)123-25-43-49(91)50(92)62(129-43)84-18-35(21-88)61(101)85(32(5)90)70(84)107/h13-18,36-54,62-64,86-88,91-94H,6-12,19-27H2,1-5H3,(H2,71,95)(H,73,89)(H,110,111)(H,112,113)(H,114,115)(H,116,117)(H,118,119)(H2,72,108,109)(H,74,96,102)(H,75,97,103)(H,76,98,104)(H,77,99,105)(H,78,100,106)/t36-,37-,38-,39-,40+,41+,42+,43+,44+,45+,46+,47+,48+,49+,50+,51+,52+,53+,54+,62+,63+,64+/m0/s1. The molecule has 6 aliphatic heterocycles. The number of nitrogens with one attached hydrogen (secondary N) is 7. The zero-order valence-electron chi connectivity index (χ0n) is 74.2. The van der Waals surface area contributed by atoms with Crippen molar-refractivity contribution in [3.05, 3.63) is 196 Å². The van der Waals surface area contributed by atoms with Crippen LogP contribution in [0.1, 0.15) is 128 Å². The summed E-state index contributed by atoms with van der Waals surface area (Å²) >= 11 is 0. The minimum Gasteiger partial charge on any atom is -0.391 e. The summed E-state index contributed by atoms with van der Waals surface area (Å²) in [6, 6.07) is -1.08. The molecule has 0 aliphatic carbocycles. The van der Waals surface area contributed by atoms with Gasteiger partial charge in [-0.25, -0.2) is 61.2 Å². The van der Waals surface area contributed by atoms with E-state index < -0.39 is 362 Å². The van der Waals surface area contributed by atoms with Crippen LogP contribution in [0.15, 0.2) is 94.7 Å². The van der Waals surface area contributed by atoms with Crippen LogP contribution in [0.5, 0.6) is 0 Å². The first-order chi connectivity index (χ1) is 66.4. The van der Waals surface area contributed by atoms with Crippen molar-refractivity contribution < 1.29 is 185 Å². The first kappa shape index (κ1) is 112. The number of carbonyl (C=O) groups excluding carboxylic acids is 3. The quantitative estimate of drug-likeness (QED) is 0.0125. The summed E-state index contributed by atoms with van der Waals surface area (Å²) in [5.74, 6) is -2.58. The van der Waals surface area contributed by atoms with E-state index in [2.05, 4.69) is 10.4 Å². The number of H-pyrrole nitrogens is 5. The van der Waals surface area contributed by atoms with Crippen LogP contribution in [0.25, 0.3) is 0 Å². The van der Waals surface area contributed by atoms with E-state index in [1.807, 2.05) is 19.9 Å². The van der Waals surface area contributed by atoms with Gasteiger partial charge in [0.05, 0.1) is 76.2 Å². The number of nitrogens with zero attached hydrogens (tertiary/aromatic N) is 7. The zero-order valence-corrected chi connectivity index (χ0v) is 79.6. The topological polar surface area (TPSA) is 942 Å². The molecule has 28 atom stereocenters. The second-order valence-corrected chi connectivity index (χ2v) is 41.2. The van der Waals surface area contributed by atoms with E-state index in [0.29, 0.717) is 36.9 Å². The Labute approximate surface area is 789 Å². The first-order valence-electron chi connectivity index (χ1n) is 42.0. The normalized spacial score (nSPS) is 29.0. The number of rotatable bonds is 45. The van der Waals surface area contributed by atoms with Gasteiger partial charge in [-0.3, -0.25) is 145 Å². The number of hydrogen-bond donors (Lipinski definition) is 21. The van der Waals surface area contributed by atoms with E-state index in [0.717, 1.165) is 41.6 Å². The van der Waals surface area contributed by atoms with Crippen LogP contribution in [0, 0.1) is 20.8 Å². The van der Waals surface area contributed by atoms with Crippen molar-refractivity contribution >= 4 is 64.6 Å². The van der Waals surface area contributed by atoms with Gasteiger partial charge in [0, 0.05) is 93.5 Å². The summed E-state index contributed by atoms with van der Waals surface area (Å²) < 4.78 is 182. The van der Waals surface area contributed by atoms with Crippen molar-refractivity contribution in [2.75, 3.05) is 46.2 Å². The average molecular weight is 2150 g/mol. The SMILES string of the molecule is CC(=O)N[C@@H](CCCCNP(=O)(O)OC[C@H]1O[C@@H](n2cc(C)c(=O)[nH]c2=O)C[C@@H]1OP(=O)(O)OC[C@H]1O[C@@H](n2cc(CO)c(=O)[nH]c2=O)[C@H](O)[C@@H]1OP(=O)(O)OC[C@H]1O[C@@H](n2cc(C)c(=O)[nH]c2=O)C[C@@H]1OP(=O)(O)OC[C@H]1O[C@@H](n2cc(CO)c(=O)[nH]c2=O)[C@H](O)[C@@H]1OP(=O)(O)OC[C@H]1O[C@@H](n2cc(C)c(=O)[nH]c2=O)C[C@@H]1OP(=O)(O)OC[C@H]1O[C@@H](n2cc(CO)c(=O)n(C(C)=O)c2=O)[C@H](O)[C@@H]1O)C(N)=O. The molecule has 6 aromatic rings. The summed E-state index contributed by atoms with van der Waals surface area (Å²) in [5.41, 5.74) is -10.9. The maximum atomic E-state index is 14.5. The molecule has 6 saturated heterocycles. The Morgan fingerprint density at radius 1 is 0.415 bits per heavy atom. The number of hydrogen-bond acceptors (Lipinski definition) is 45. The molecule has 12 rings (SSSR count). The highest BCUT2D eigenvalue weighted by atomic mass is 31.2. The highest BCUT2D eigenvalue weighted by Gasteiger charge is 2.56. The Kier molecular flexibility index (Phi) is 35.7. The number of phosphoric ester groups is 5. The second-order valence-electron chi connectivity index (χ2n) is 32.6. The van der Waals surface area contributed by atoms with Gasteiger partial charge in [0.1, 0.15) is 116 Å². The lowest BCUT2D eigenvalue weighted by Crippen LogP contribution is -2.46. The van der Waals surface area contributed by atoms with Gasteiger partial charge in [0.2, 0.25) is 17.7 Å². The van der Waals surface area contributed by atoms with Crippen LogP contribution in [-0.4, -0.2) is 284 Å². The van der Waals surface area contributed by atoms with Crippen molar-refractivity contribution in [1.82, 2.24) is 67.3 Å². The molecule has 6 fully saturated rings. The van der Waals surface area contributed by atoms with E-state index in [-0.39, 0.29) is 47.1 Å². The Bertz CT molecular complexity index is 6810. The van der Waals surface area contributed by atoms with Crippen LogP contribution in [0.4, 0.5) is 0 Å². The lowest BCUT2D eigenvalue weighted by atomic mass is 10.1. The third kappa shape index (κ3) is 26.8. The van der Waals surface area contributed by atoms with Gasteiger partial charge < -0.3 is 105 Å². The van der Waals surface area contributed by atoms with Crippen molar-refractivity contribution in [3.63, 3.8) is 0 Å². The number of phosphoric acid groups is 5. The monoisotopic (exact) mass is 2150 g/mol. The average Bonchev–Trinajstić information content (AvgIpc) is 1.56. The molecule has 0 spiro atoms. The van der Waals surface area contributed by atoms with Crippen LogP contribution in [-0.2, 0) is 135 Å². The molecular weight excluding hydrogens is 2050 g/mol. The number of aliphatic hydroxyl groups excluding tert-OH is 7. The molecule has 6 aliphatic rings. The van der Waals surface area contributed by atoms with Gasteiger partial charge >= 0.3 is 81.0 Å². The van der Waals surface area contributed by atoms with E-state index in [4.69, 9.17) is 83.9 Å². The Hall–Kier alpha value is -9.17. The van der Waals surface area contributed by atoms with Gasteiger partial charge in [-0.15, -0.1) is 0 Å². The number of aryl methyl sites for hydroxylation is 3. The Balaban J connectivity index is 0.759. The molecule has 2 amide bonds. The predicted molar refractivity (Wildman–Crippen MR) is 459 cm³/mol. The lowest BCUT2D eigenvalue weighted by Gasteiger charge is -2.26. The molecule has 0 radical (unpaired) electrons. The molecule has 0 saturated carbocycles. The number of aliphatic hydroxyl groups is 7. The van der Waals surface area contributed by atoms with E-state index in [1.54, 1.807) is 4.98 Å². The molecule has 12 heterocycles. The number of aromatic nitrogens is 12. The summed E-state index contributed by atoms with van der Waals surface area (Å²) in [4.78, 5) is 269. The fourth-order valence-corrected chi connectivity index (χ4v) is 21.1. The van der Waals surface area contributed by atoms with Gasteiger partial charge in [0.25, 0.3) is 33.4 Å². The van der Waals surface area contributed by atoms with Crippen molar-refractivity contribution in [2.45, 2.75) is 228 Å². The van der Waals surface area contributed by atoms with Crippen molar-refractivity contribution in [1.29, 1.82) is 0 Å². The van der Waals surface area contributed by atoms with Gasteiger partial charge in [0.15, 0.2) is 18.7 Å². The summed E-state index contributed by atoms with van der Waals surface area (Å²) in [6.45, 7) is -5.92. The number of amides is 2. The number of primary amides is 1. The molecule has 6 unspecified atom stereocenters. The number of nitrogens with two attached hydrogens (primary N) is 1. The molecule has 6 aromatic heterocycles. The number of aromatic amines is 5. The summed E-state index contributed by atoms with van der Waals surface area (Å²) in [6.07, 6.45) is -41.2. The molecule has 788 valence electrons. The van der Waals surface area contributed by atoms with Crippen molar-refractivity contribution in [3.8, 4) is 0 Å². The molecular formula is C70H97N15O51P6. The fraction of sp³-hybridized carbons (Fsp3) is 0.614. The Morgan fingerprint density at radius 3 is 1.10 bits per heavy atom. The summed E-state index contributed by atoms with van der Waals surface area (Å²) in [5, 5.41) is 80.3. The predicted octanol–water partition coefficient (Wildman–Crippen LogP) is -8.80. The smallest absolute Gasteiger partial charge is 0.391 e. The van der Waals surface area contributed by atoms with E-state index in [9.17, 15) is 164 Å². The maximum absolute atomic E-state index is 14.5. The van der Waals surface area contributed by atoms with E-state index in [1.165, 1.54) is 20.8 Å². The van der Waals surface area contributed by atoms with Gasteiger partial charge in [-0.1, -0.05) is 0 Å². The number of ether oxygens (including phenoxy) is 6. The second kappa shape index (κ2) is 45.4. The van der Waals surface area contributed by atoms with Crippen LogP contribution >= 0.6 is 46.9 Å². The van der Waals surface area contributed by atoms with Gasteiger partial charge in [-0.05, 0) is 40.0 Å². The molecule has 22 N–H and O–H groups in total. The first-order valence-corrected chi connectivity index (χ1v) is 51.0. The van der Waals surface area contributed by atoms with Crippen LogP contribution in [0.3, 0.4) is 0 Å². The molecule has 0 bridgehead atoms. The van der Waals surface area contributed by atoms with Crippen molar-refractivity contribution in [2.24, 2.45) is 5.73 Å². The fourth-order valence-electron chi connectivity index (χ4n) is 15.4.